The van der Waals surface area contributed by atoms with Crippen LogP contribution in [-0.2, 0) is 0 Å². The molecule has 0 bridgehead atoms. The van der Waals surface area contributed by atoms with Gasteiger partial charge in [-0.05, 0) is 37.6 Å². The fraction of sp³-hybridized carbons (Fsp3) is 1.00. The molecule has 0 atom stereocenters. The monoisotopic (exact) mass is 167 g/mol. The molecule has 0 aromatic heterocycles. The third-order valence-corrected chi connectivity index (χ3v) is 3.41. The predicted molar refractivity (Wildman–Crippen MR) is 50.3 cm³/mol. The van der Waals surface area contributed by atoms with Crippen LogP contribution in [0.25, 0.3) is 0 Å². The second-order valence-corrected chi connectivity index (χ2v) is 4.30. The molecule has 0 unspecified atom stereocenters. The Morgan fingerprint density at radius 2 is 1.83 bits per heavy atom. The van der Waals surface area contributed by atoms with Crippen molar-refractivity contribution in [1.82, 2.24) is 10.6 Å². The summed E-state index contributed by atoms with van der Waals surface area (Å²) in [6.45, 7) is 4.71. The van der Waals surface area contributed by atoms with Crippen LogP contribution in [0.4, 0.5) is 0 Å². The molecule has 2 heterocycles. The van der Waals surface area contributed by atoms with Crippen LogP contribution in [0.1, 0.15) is 32.1 Å². The summed E-state index contributed by atoms with van der Waals surface area (Å²) in [5.41, 5.74) is 0.637. The second-order valence-electron chi connectivity index (χ2n) is 4.30. The van der Waals surface area contributed by atoms with Crippen LogP contribution < -0.4 is 10.6 Å². The third kappa shape index (κ3) is 1.80. The lowest BCUT2D eigenvalue weighted by Gasteiger charge is -2.36. The lowest BCUT2D eigenvalue weighted by Crippen LogP contribution is -2.39. The average Bonchev–Trinajstić information content (AvgIpc) is 2.33. The van der Waals surface area contributed by atoms with Crippen LogP contribution in [0.3, 0.4) is 0 Å². The zero-order valence-corrected chi connectivity index (χ0v) is 7.81. The standard InChI is InChI=1S/C10H19N2/c1-2-6-12-9-10(3-1)4-7-11-8-5-10/h12H,1-9H2. The molecule has 12 heavy (non-hydrogen) atoms. The molecule has 2 aliphatic heterocycles. The summed E-state index contributed by atoms with van der Waals surface area (Å²) in [5.74, 6) is 0. The zero-order chi connectivity index (χ0) is 8.28. The summed E-state index contributed by atoms with van der Waals surface area (Å²) in [5, 5.41) is 8.00. The quantitative estimate of drug-likeness (QED) is 0.575. The SMILES string of the molecule is C1CCC2(CC[N]CC2)CNC1. The Bertz CT molecular complexity index is 129. The van der Waals surface area contributed by atoms with Gasteiger partial charge in [0.2, 0.25) is 0 Å². The van der Waals surface area contributed by atoms with E-state index in [2.05, 4.69) is 10.6 Å². The van der Waals surface area contributed by atoms with Crippen LogP contribution in [-0.4, -0.2) is 26.2 Å². The maximum Gasteiger partial charge on any atom is 0.0139 e. The minimum absolute atomic E-state index is 0.637. The highest BCUT2D eigenvalue weighted by Gasteiger charge is 2.32. The number of nitrogens with one attached hydrogen (secondary N) is 1. The molecule has 69 valence electrons. The number of nitrogens with zero attached hydrogens (tertiary/aromatic N) is 1. The smallest absolute Gasteiger partial charge is 0.0139 e. The van der Waals surface area contributed by atoms with Gasteiger partial charge in [-0.1, -0.05) is 6.42 Å². The zero-order valence-electron chi connectivity index (χ0n) is 7.81. The predicted octanol–water partition coefficient (Wildman–Crippen LogP) is 1.14. The number of hydrogen-bond acceptors (Lipinski definition) is 1. The first-order valence-electron chi connectivity index (χ1n) is 5.25. The highest BCUT2D eigenvalue weighted by atomic mass is 14.9. The van der Waals surface area contributed by atoms with E-state index >= 15 is 0 Å². The van der Waals surface area contributed by atoms with Crippen molar-refractivity contribution in [2.75, 3.05) is 26.2 Å². The molecule has 0 aliphatic carbocycles. The number of hydrogen-bond donors (Lipinski definition) is 1. The van der Waals surface area contributed by atoms with Gasteiger partial charge in [0.05, 0.1) is 0 Å². The van der Waals surface area contributed by atoms with Crippen molar-refractivity contribution < 1.29 is 0 Å². The van der Waals surface area contributed by atoms with E-state index in [1.807, 2.05) is 0 Å². The minimum Gasteiger partial charge on any atom is -0.316 e. The lowest BCUT2D eigenvalue weighted by atomic mass is 9.75. The molecule has 0 amide bonds. The molecule has 1 N–H and O–H groups in total. The summed E-state index contributed by atoms with van der Waals surface area (Å²) in [4.78, 5) is 0. The van der Waals surface area contributed by atoms with E-state index in [9.17, 15) is 0 Å². The molecule has 2 saturated heterocycles. The summed E-state index contributed by atoms with van der Waals surface area (Å²) >= 11 is 0. The van der Waals surface area contributed by atoms with Crippen LogP contribution >= 0.6 is 0 Å². The molecule has 2 fully saturated rings. The van der Waals surface area contributed by atoms with E-state index in [-0.39, 0.29) is 0 Å². The Morgan fingerprint density at radius 1 is 1.00 bits per heavy atom. The Hall–Kier alpha value is -0.0800. The Labute approximate surface area is 75.1 Å². The fourth-order valence-corrected chi connectivity index (χ4v) is 2.49. The Morgan fingerprint density at radius 3 is 2.67 bits per heavy atom. The van der Waals surface area contributed by atoms with Gasteiger partial charge in [-0.2, -0.15) is 0 Å². The van der Waals surface area contributed by atoms with Crippen molar-refractivity contribution in [3.8, 4) is 0 Å². The van der Waals surface area contributed by atoms with Crippen molar-refractivity contribution in [2.45, 2.75) is 32.1 Å². The van der Waals surface area contributed by atoms with Gasteiger partial charge in [-0.25, -0.2) is 5.32 Å². The fourth-order valence-electron chi connectivity index (χ4n) is 2.49. The van der Waals surface area contributed by atoms with E-state index in [0.29, 0.717) is 5.41 Å². The van der Waals surface area contributed by atoms with Crippen molar-refractivity contribution in [3.63, 3.8) is 0 Å². The average molecular weight is 167 g/mol. The van der Waals surface area contributed by atoms with E-state index < -0.39 is 0 Å². The largest absolute Gasteiger partial charge is 0.316 e. The Kier molecular flexibility index (Phi) is 2.66. The van der Waals surface area contributed by atoms with Crippen LogP contribution in [0.5, 0.6) is 0 Å². The maximum absolute atomic E-state index is 4.43. The van der Waals surface area contributed by atoms with Crippen molar-refractivity contribution in [3.05, 3.63) is 0 Å². The van der Waals surface area contributed by atoms with Gasteiger partial charge in [0, 0.05) is 19.6 Å². The van der Waals surface area contributed by atoms with E-state index in [1.165, 1.54) is 45.2 Å². The second kappa shape index (κ2) is 3.75. The topological polar surface area (TPSA) is 26.1 Å². The van der Waals surface area contributed by atoms with Gasteiger partial charge < -0.3 is 5.32 Å². The summed E-state index contributed by atoms with van der Waals surface area (Å²) in [7, 11) is 0. The van der Waals surface area contributed by atoms with Crippen LogP contribution in [0.15, 0.2) is 0 Å². The summed E-state index contributed by atoms with van der Waals surface area (Å²) < 4.78 is 0. The molecule has 1 radical (unpaired) electrons. The number of rotatable bonds is 0. The molecule has 0 saturated carbocycles. The molecule has 0 aromatic rings. The van der Waals surface area contributed by atoms with Crippen molar-refractivity contribution >= 4 is 0 Å². The molecule has 2 rings (SSSR count). The molecule has 2 heteroatoms. The molecule has 1 spiro atoms. The van der Waals surface area contributed by atoms with E-state index in [1.54, 1.807) is 0 Å². The lowest BCUT2D eigenvalue weighted by molar-refractivity contribution is 0.185. The first kappa shape index (κ1) is 8.52. The normalized spacial score (nSPS) is 30.0. The molecule has 2 nitrogen and oxygen atoms in total. The van der Waals surface area contributed by atoms with Crippen LogP contribution in [0, 0.1) is 5.41 Å². The van der Waals surface area contributed by atoms with Gasteiger partial charge in [0.25, 0.3) is 0 Å². The highest BCUT2D eigenvalue weighted by molar-refractivity contribution is 4.87. The first-order chi connectivity index (χ1) is 5.91. The number of piperidine rings is 1. The summed E-state index contributed by atoms with van der Waals surface area (Å²) in [6, 6.07) is 0. The first-order valence-corrected chi connectivity index (χ1v) is 5.25. The minimum atomic E-state index is 0.637. The van der Waals surface area contributed by atoms with E-state index in [4.69, 9.17) is 0 Å². The van der Waals surface area contributed by atoms with Gasteiger partial charge in [0.1, 0.15) is 0 Å². The van der Waals surface area contributed by atoms with Crippen LogP contribution in [0.2, 0.25) is 0 Å². The highest BCUT2D eigenvalue weighted by Crippen LogP contribution is 2.35. The van der Waals surface area contributed by atoms with E-state index in [0.717, 1.165) is 13.1 Å². The van der Waals surface area contributed by atoms with Crippen molar-refractivity contribution in [2.24, 2.45) is 5.41 Å². The summed E-state index contributed by atoms with van der Waals surface area (Å²) in [6.07, 6.45) is 6.90. The maximum atomic E-state index is 4.43. The Balaban J connectivity index is 1.95. The van der Waals surface area contributed by atoms with Gasteiger partial charge in [0.15, 0.2) is 0 Å². The van der Waals surface area contributed by atoms with Gasteiger partial charge in [-0.15, -0.1) is 0 Å². The third-order valence-electron chi connectivity index (χ3n) is 3.41. The molecule has 2 aliphatic rings. The van der Waals surface area contributed by atoms with Gasteiger partial charge >= 0.3 is 0 Å². The van der Waals surface area contributed by atoms with Gasteiger partial charge in [-0.3, -0.25) is 0 Å². The molecular formula is C10H19N2. The molecule has 0 aromatic carbocycles. The van der Waals surface area contributed by atoms with Crippen molar-refractivity contribution in [1.29, 1.82) is 0 Å². The molecular weight excluding hydrogens is 148 g/mol.